The molecule has 1 heteroatoms. The van der Waals surface area contributed by atoms with Gasteiger partial charge in [-0.2, -0.15) is 0 Å². The quantitative estimate of drug-likeness (QED) is 0.706. The van der Waals surface area contributed by atoms with Crippen molar-refractivity contribution in [1.29, 1.82) is 0 Å². The van der Waals surface area contributed by atoms with E-state index in [9.17, 15) is 0 Å². The highest BCUT2D eigenvalue weighted by molar-refractivity contribution is 4.86. The molecular formula is C12H23N. The summed E-state index contributed by atoms with van der Waals surface area (Å²) >= 11 is 0. The third-order valence-electron chi connectivity index (χ3n) is 4.20. The zero-order chi connectivity index (χ0) is 9.26. The average Bonchev–Trinajstić information content (AvgIpc) is 2.32. The van der Waals surface area contributed by atoms with E-state index in [-0.39, 0.29) is 0 Å². The summed E-state index contributed by atoms with van der Waals surface area (Å²) in [4.78, 5) is 0. The van der Waals surface area contributed by atoms with Gasteiger partial charge in [0.05, 0.1) is 0 Å². The number of hydrogen-bond donors (Lipinski definition) is 1. The van der Waals surface area contributed by atoms with Crippen LogP contribution in [0.1, 0.15) is 52.4 Å². The van der Waals surface area contributed by atoms with Crippen molar-refractivity contribution < 1.29 is 0 Å². The monoisotopic (exact) mass is 181 g/mol. The summed E-state index contributed by atoms with van der Waals surface area (Å²) in [7, 11) is 0. The molecule has 2 rings (SSSR count). The lowest BCUT2D eigenvalue weighted by Gasteiger charge is -2.34. The molecule has 13 heavy (non-hydrogen) atoms. The first-order valence-corrected chi connectivity index (χ1v) is 6.03. The third-order valence-corrected chi connectivity index (χ3v) is 4.20. The van der Waals surface area contributed by atoms with Gasteiger partial charge in [-0.15, -0.1) is 0 Å². The van der Waals surface area contributed by atoms with Crippen LogP contribution in [0.4, 0.5) is 0 Å². The van der Waals surface area contributed by atoms with Crippen molar-refractivity contribution in [3.63, 3.8) is 0 Å². The summed E-state index contributed by atoms with van der Waals surface area (Å²) in [5.41, 5.74) is 0. The van der Waals surface area contributed by atoms with Gasteiger partial charge in [-0.05, 0) is 44.4 Å². The summed E-state index contributed by atoms with van der Waals surface area (Å²) < 4.78 is 0. The molecule has 0 radical (unpaired) electrons. The Hall–Kier alpha value is -0.0400. The summed E-state index contributed by atoms with van der Waals surface area (Å²) in [5, 5.41) is 3.83. The molecule has 2 aliphatic carbocycles. The van der Waals surface area contributed by atoms with Crippen LogP contribution in [-0.4, -0.2) is 12.1 Å². The molecule has 0 amide bonds. The van der Waals surface area contributed by atoms with Gasteiger partial charge in [0.15, 0.2) is 0 Å². The van der Waals surface area contributed by atoms with Crippen molar-refractivity contribution >= 4 is 0 Å². The Labute approximate surface area is 82.3 Å². The smallest absolute Gasteiger partial charge is 0.00952 e. The molecule has 0 heterocycles. The molecule has 2 fully saturated rings. The fraction of sp³-hybridized carbons (Fsp3) is 1.00. The van der Waals surface area contributed by atoms with Gasteiger partial charge in [0.25, 0.3) is 0 Å². The minimum atomic E-state index is 0.777. The molecule has 2 aliphatic rings. The fourth-order valence-corrected chi connectivity index (χ4v) is 2.81. The second-order valence-corrected chi connectivity index (χ2v) is 5.16. The molecule has 2 unspecified atom stereocenters. The molecular weight excluding hydrogens is 158 g/mol. The van der Waals surface area contributed by atoms with Gasteiger partial charge in [0, 0.05) is 12.1 Å². The van der Waals surface area contributed by atoms with E-state index in [0.29, 0.717) is 0 Å². The molecule has 0 saturated heterocycles. The molecule has 0 bridgehead atoms. The Morgan fingerprint density at radius 2 is 1.77 bits per heavy atom. The van der Waals surface area contributed by atoms with E-state index in [0.717, 1.165) is 23.9 Å². The van der Waals surface area contributed by atoms with Crippen LogP contribution in [-0.2, 0) is 0 Å². The van der Waals surface area contributed by atoms with E-state index in [2.05, 4.69) is 19.2 Å². The van der Waals surface area contributed by atoms with Gasteiger partial charge in [0.2, 0.25) is 0 Å². The van der Waals surface area contributed by atoms with Gasteiger partial charge >= 0.3 is 0 Å². The Bertz CT molecular complexity index is 163. The summed E-state index contributed by atoms with van der Waals surface area (Å²) in [6.07, 6.45) is 8.70. The first-order valence-electron chi connectivity index (χ1n) is 6.03. The van der Waals surface area contributed by atoms with Gasteiger partial charge in [-0.25, -0.2) is 0 Å². The first kappa shape index (κ1) is 9.51. The Balaban J connectivity index is 1.75. The minimum absolute atomic E-state index is 0.777. The SMILES string of the molecule is CC1CCCC1N[C@@H](C)C1CCC1. The van der Waals surface area contributed by atoms with Crippen LogP contribution in [0.5, 0.6) is 0 Å². The van der Waals surface area contributed by atoms with Crippen molar-refractivity contribution in [2.45, 2.75) is 64.5 Å². The van der Waals surface area contributed by atoms with Gasteiger partial charge in [-0.3, -0.25) is 0 Å². The average molecular weight is 181 g/mol. The Kier molecular flexibility index (Phi) is 2.92. The van der Waals surface area contributed by atoms with Crippen molar-refractivity contribution in [2.75, 3.05) is 0 Å². The molecule has 0 aromatic heterocycles. The van der Waals surface area contributed by atoms with Crippen molar-refractivity contribution in [3.8, 4) is 0 Å². The lowest BCUT2D eigenvalue weighted by Crippen LogP contribution is -2.44. The fourth-order valence-electron chi connectivity index (χ4n) is 2.81. The zero-order valence-electron chi connectivity index (χ0n) is 9.05. The van der Waals surface area contributed by atoms with E-state index < -0.39 is 0 Å². The van der Waals surface area contributed by atoms with Crippen molar-refractivity contribution in [2.24, 2.45) is 11.8 Å². The highest BCUT2D eigenvalue weighted by atomic mass is 15.0. The maximum Gasteiger partial charge on any atom is 0.00952 e. The van der Waals surface area contributed by atoms with Crippen LogP contribution in [0.25, 0.3) is 0 Å². The molecule has 0 spiro atoms. The van der Waals surface area contributed by atoms with Crippen LogP contribution in [0.3, 0.4) is 0 Å². The topological polar surface area (TPSA) is 12.0 Å². The minimum Gasteiger partial charge on any atom is -0.311 e. The second kappa shape index (κ2) is 4.00. The molecule has 0 aromatic rings. The molecule has 1 nitrogen and oxygen atoms in total. The van der Waals surface area contributed by atoms with Crippen LogP contribution < -0.4 is 5.32 Å². The number of hydrogen-bond acceptors (Lipinski definition) is 1. The summed E-state index contributed by atoms with van der Waals surface area (Å²) in [6.45, 7) is 4.78. The van der Waals surface area contributed by atoms with E-state index in [1.54, 1.807) is 0 Å². The highest BCUT2D eigenvalue weighted by Crippen LogP contribution is 2.31. The van der Waals surface area contributed by atoms with E-state index >= 15 is 0 Å². The van der Waals surface area contributed by atoms with Crippen LogP contribution in [0, 0.1) is 11.8 Å². The lowest BCUT2D eigenvalue weighted by atomic mass is 9.80. The molecule has 3 atom stereocenters. The van der Waals surface area contributed by atoms with Gasteiger partial charge < -0.3 is 5.32 Å². The molecule has 2 saturated carbocycles. The zero-order valence-corrected chi connectivity index (χ0v) is 9.05. The molecule has 0 aromatic carbocycles. The largest absolute Gasteiger partial charge is 0.311 e. The maximum absolute atomic E-state index is 3.83. The van der Waals surface area contributed by atoms with Crippen LogP contribution in [0.2, 0.25) is 0 Å². The normalized spacial score (nSPS) is 37.4. The van der Waals surface area contributed by atoms with E-state index in [4.69, 9.17) is 0 Å². The Morgan fingerprint density at radius 1 is 1.08 bits per heavy atom. The summed E-state index contributed by atoms with van der Waals surface area (Å²) in [5.74, 6) is 1.91. The van der Waals surface area contributed by atoms with Gasteiger partial charge in [-0.1, -0.05) is 19.8 Å². The van der Waals surface area contributed by atoms with Crippen LogP contribution in [0.15, 0.2) is 0 Å². The molecule has 1 N–H and O–H groups in total. The second-order valence-electron chi connectivity index (χ2n) is 5.16. The Morgan fingerprint density at radius 3 is 2.23 bits per heavy atom. The standard InChI is InChI=1S/C12H23N/c1-9-5-3-8-12(9)13-10(2)11-6-4-7-11/h9-13H,3-8H2,1-2H3/t9?,10-,12?/m0/s1. The number of rotatable bonds is 3. The van der Waals surface area contributed by atoms with E-state index in [1.165, 1.54) is 38.5 Å². The first-order chi connectivity index (χ1) is 6.27. The summed E-state index contributed by atoms with van der Waals surface area (Å²) in [6, 6.07) is 1.61. The maximum atomic E-state index is 3.83. The van der Waals surface area contributed by atoms with E-state index in [1.807, 2.05) is 0 Å². The molecule has 0 aliphatic heterocycles. The highest BCUT2D eigenvalue weighted by Gasteiger charge is 2.29. The molecule has 76 valence electrons. The van der Waals surface area contributed by atoms with Crippen molar-refractivity contribution in [3.05, 3.63) is 0 Å². The van der Waals surface area contributed by atoms with Crippen molar-refractivity contribution in [1.82, 2.24) is 5.32 Å². The predicted molar refractivity (Wildman–Crippen MR) is 56.7 cm³/mol. The number of nitrogens with one attached hydrogen (secondary N) is 1. The lowest BCUT2D eigenvalue weighted by molar-refractivity contribution is 0.217. The third kappa shape index (κ3) is 2.07. The van der Waals surface area contributed by atoms with Gasteiger partial charge in [0.1, 0.15) is 0 Å². The van der Waals surface area contributed by atoms with Crippen LogP contribution >= 0.6 is 0 Å². The predicted octanol–water partition coefficient (Wildman–Crippen LogP) is 2.95.